The van der Waals surface area contributed by atoms with Gasteiger partial charge >= 0.3 is 0 Å². The van der Waals surface area contributed by atoms with Crippen molar-refractivity contribution in [1.29, 1.82) is 0 Å². The summed E-state index contributed by atoms with van der Waals surface area (Å²) in [4.78, 5) is 2.80. The predicted octanol–water partition coefficient (Wildman–Crippen LogP) is 12.1. The third kappa shape index (κ3) is 8.05. The van der Waals surface area contributed by atoms with Gasteiger partial charge in [0.1, 0.15) is 0 Å². The first-order valence-corrected chi connectivity index (χ1v) is 16.2. The van der Waals surface area contributed by atoms with Gasteiger partial charge in [-0.25, -0.2) is 0 Å². The molecule has 0 saturated heterocycles. The van der Waals surface area contributed by atoms with Crippen LogP contribution in [0.1, 0.15) is 102 Å². The molecule has 0 aliphatic rings. The van der Waals surface area contributed by atoms with Gasteiger partial charge in [-0.1, -0.05) is 102 Å². The average molecular weight is 517 g/mol. The van der Waals surface area contributed by atoms with E-state index >= 15 is 0 Å². The summed E-state index contributed by atoms with van der Waals surface area (Å²) in [5.41, 5.74) is 5.73. The minimum absolute atomic E-state index is 1.22. The fourth-order valence-electron chi connectivity index (χ4n) is 5.09. The molecule has 36 heavy (non-hydrogen) atoms. The fourth-order valence-corrected chi connectivity index (χ4v) is 6.98. The van der Waals surface area contributed by atoms with Gasteiger partial charge < -0.3 is 0 Å². The molecule has 0 nitrogen and oxygen atoms in total. The Morgan fingerprint density at radius 2 is 0.889 bits per heavy atom. The van der Waals surface area contributed by atoms with Gasteiger partial charge in [-0.05, 0) is 93.7 Å². The summed E-state index contributed by atoms with van der Waals surface area (Å²) in [7, 11) is 0. The summed E-state index contributed by atoms with van der Waals surface area (Å²) in [5, 5.41) is 7.42. The molecule has 2 aromatic carbocycles. The van der Waals surface area contributed by atoms with Gasteiger partial charge in [0, 0.05) is 9.75 Å². The quantitative estimate of drug-likeness (QED) is 0.130. The molecule has 0 unspecified atom stereocenters. The van der Waals surface area contributed by atoms with Crippen molar-refractivity contribution in [3.05, 3.63) is 70.4 Å². The molecule has 0 atom stereocenters. The van der Waals surface area contributed by atoms with Crippen LogP contribution in [0.2, 0.25) is 0 Å². The van der Waals surface area contributed by atoms with Crippen LogP contribution in [-0.2, 0) is 12.8 Å². The van der Waals surface area contributed by atoms with Crippen LogP contribution in [0.3, 0.4) is 0 Å². The number of thiophene rings is 2. The van der Waals surface area contributed by atoms with Gasteiger partial charge in [0.15, 0.2) is 0 Å². The van der Waals surface area contributed by atoms with Crippen molar-refractivity contribution in [2.45, 2.75) is 104 Å². The number of rotatable bonds is 16. The predicted molar refractivity (Wildman–Crippen MR) is 165 cm³/mol. The van der Waals surface area contributed by atoms with Crippen LogP contribution in [-0.4, -0.2) is 0 Å². The average Bonchev–Trinajstić information content (AvgIpc) is 3.58. The number of benzene rings is 2. The Bertz CT molecular complexity index is 1090. The third-order valence-electron chi connectivity index (χ3n) is 7.35. The van der Waals surface area contributed by atoms with Crippen LogP contribution in [0.25, 0.3) is 31.7 Å². The molecule has 0 N–H and O–H groups in total. The zero-order valence-corrected chi connectivity index (χ0v) is 24.1. The molecule has 4 rings (SSSR count). The Morgan fingerprint density at radius 3 is 1.33 bits per heavy atom. The first kappa shape index (κ1) is 27.1. The minimum Gasteiger partial charge on any atom is -0.144 e. The standard InChI is InChI=1S/C34H44S2/c1-3-5-7-9-11-13-15-27-21-33(35-25-27)31-19-17-30-24-32(20-18-29(30)23-31)34-22-28(26-36-34)16-14-12-10-8-6-4-2/h17-26H,3-16H2,1-2H3. The highest BCUT2D eigenvalue weighted by atomic mass is 32.1. The highest BCUT2D eigenvalue weighted by Crippen LogP contribution is 2.34. The van der Waals surface area contributed by atoms with Crippen molar-refractivity contribution in [1.82, 2.24) is 0 Å². The Kier molecular flexibility index (Phi) is 11.1. The van der Waals surface area contributed by atoms with E-state index in [0.717, 1.165) is 0 Å². The number of fused-ring (bicyclic) bond motifs is 1. The van der Waals surface area contributed by atoms with Gasteiger partial charge in [-0.3, -0.25) is 0 Å². The number of unbranched alkanes of at least 4 members (excludes halogenated alkanes) is 10. The normalized spacial score (nSPS) is 11.5. The Morgan fingerprint density at radius 1 is 0.472 bits per heavy atom. The van der Waals surface area contributed by atoms with Crippen molar-refractivity contribution in [3.63, 3.8) is 0 Å². The molecular formula is C34H44S2. The number of aryl methyl sites for hydroxylation is 2. The minimum atomic E-state index is 1.22. The molecule has 2 heterocycles. The van der Waals surface area contributed by atoms with E-state index in [-0.39, 0.29) is 0 Å². The lowest BCUT2D eigenvalue weighted by atomic mass is 10.0. The zero-order chi connectivity index (χ0) is 25.0. The zero-order valence-electron chi connectivity index (χ0n) is 22.5. The Balaban J connectivity index is 1.33. The second-order valence-electron chi connectivity index (χ2n) is 10.5. The summed E-state index contributed by atoms with van der Waals surface area (Å²) in [5.74, 6) is 0. The summed E-state index contributed by atoms with van der Waals surface area (Å²) in [6.07, 6.45) is 18.9. The number of hydrogen-bond donors (Lipinski definition) is 0. The van der Waals surface area contributed by atoms with E-state index in [1.165, 1.54) is 133 Å². The highest BCUT2D eigenvalue weighted by molar-refractivity contribution is 7.14. The van der Waals surface area contributed by atoms with E-state index in [0.29, 0.717) is 0 Å². The van der Waals surface area contributed by atoms with Crippen LogP contribution in [0, 0.1) is 0 Å². The van der Waals surface area contributed by atoms with E-state index in [9.17, 15) is 0 Å². The lowest BCUT2D eigenvalue weighted by Crippen LogP contribution is -1.84. The van der Waals surface area contributed by atoms with Crippen LogP contribution >= 0.6 is 22.7 Å². The van der Waals surface area contributed by atoms with Crippen LogP contribution in [0.5, 0.6) is 0 Å². The van der Waals surface area contributed by atoms with Crippen molar-refractivity contribution in [2.24, 2.45) is 0 Å². The van der Waals surface area contributed by atoms with E-state index in [1.54, 1.807) is 0 Å². The van der Waals surface area contributed by atoms with E-state index < -0.39 is 0 Å². The smallest absolute Gasteiger partial charge is 0.0345 e. The van der Waals surface area contributed by atoms with Gasteiger partial charge in [0.2, 0.25) is 0 Å². The second-order valence-corrected chi connectivity index (χ2v) is 12.3. The van der Waals surface area contributed by atoms with Crippen molar-refractivity contribution in [3.8, 4) is 20.9 Å². The molecule has 0 saturated carbocycles. The largest absolute Gasteiger partial charge is 0.144 e. The molecule has 0 bridgehead atoms. The molecule has 2 heteroatoms. The van der Waals surface area contributed by atoms with Crippen molar-refractivity contribution < 1.29 is 0 Å². The van der Waals surface area contributed by atoms with Crippen molar-refractivity contribution in [2.75, 3.05) is 0 Å². The van der Waals surface area contributed by atoms with Gasteiger partial charge in [0.25, 0.3) is 0 Å². The van der Waals surface area contributed by atoms with E-state index in [1.807, 2.05) is 22.7 Å². The maximum atomic E-state index is 2.42. The maximum absolute atomic E-state index is 2.42. The molecule has 192 valence electrons. The lowest BCUT2D eigenvalue weighted by Gasteiger charge is -2.05. The monoisotopic (exact) mass is 516 g/mol. The molecule has 0 amide bonds. The molecule has 0 aliphatic heterocycles. The van der Waals surface area contributed by atoms with E-state index in [4.69, 9.17) is 0 Å². The van der Waals surface area contributed by atoms with Crippen molar-refractivity contribution >= 4 is 33.4 Å². The second kappa shape index (κ2) is 14.7. The molecular weight excluding hydrogens is 473 g/mol. The molecule has 0 fully saturated rings. The van der Waals surface area contributed by atoms with Gasteiger partial charge in [0.05, 0.1) is 0 Å². The summed E-state index contributed by atoms with van der Waals surface area (Å²) < 4.78 is 0. The van der Waals surface area contributed by atoms with Crippen LogP contribution in [0.4, 0.5) is 0 Å². The summed E-state index contributed by atoms with van der Waals surface area (Å²) >= 11 is 3.80. The molecule has 2 aromatic heterocycles. The Labute approximate surface area is 227 Å². The molecule has 0 radical (unpaired) electrons. The molecule has 0 spiro atoms. The topological polar surface area (TPSA) is 0 Å². The Hall–Kier alpha value is -1.90. The molecule has 4 aromatic rings. The summed E-state index contributed by atoms with van der Waals surface area (Å²) in [6, 6.07) is 18.8. The molecule has 0 aliphatic carbocycles. The lowest BCUT2D eigenvalue weighted by molar-refractivity contribution is 0.608. The SMILES string of the molecule is CCCCCCCCc1csc(-c2ccc3cc(-c4cc(CCCCCCCC)cs4)ccc3c2)c1. The van der Waals surface area contributed by atoms with E-state index in [2.05, 4.69) is 73.1 Å². The highest BCUT2D eigenvalue weighted by Gasteiger charge is 2.07. The fraction of sp³-hybridized carbons (Fsp3) is 0.471. The third-order valence-corrected chi connectivity index (χ3v) is 9.41. The van der Waals surface area contributed by atoms with Crippen LogP contribution in [0.15, 0.2) is 59.3 Å². The van der Waals surface area contributed by atoms with Crippen LogP contribution < -0.4 is 0 Å². The summed E-state index contributed by atoms with van der Waals surface area (Å²) in [6.45, 7) is 4.57. The maximum Gasteiger partial charge on any atom is 0.0345 e. The van der Waals surface area contributed by atoms with Gasteiger partial charge in [-0.15, -0.1) is 22.7 Å². The first-order chi connectivity index (χ1) is 17.8. The number of hydrogen-bond acceptors (Lipinski definition) is 2. The first-order valence-electron chi connectivity index (χ1n) is 14.5. The van der Waals surface area contributed by atoms with Gasteiger partial charge in [-0.2, -0.15) is 0 Å².